The molecule has 2 aliphatic heterocycles. The van der Waals surface area contributed by atoms with Gasteiger partial charge in [0.2, 0.25) is 6.67 Å². The molecule has 0 spiro atoms. The summed E-state index contributed by atoms with van der Waals surface area (Å²) in [6, 6.07) is 8.35. The lowest BCUT2D eigenvalue weighted by Gasteiger charge is -2.26. The third-order valence-corrected chi connectivity index (χ3v) is 3.71. The van der Waals surface area contributed by atoms with Crippen LogP contribution in [0.25, 0.3) is 0 Å². The molecule has 0 bridgehead atoms. The Labute approximate surface area is 126 Å². The summed E-state index contributed by atoms with van der Waals surface area (Å²) in [7, 11) is 1.72. The molecular weight excluding hydrogens is 268 g/mol. The van der Waals surface area contributed by atoms with Gasteiger partial charge in [-0.3, -0.25) is 0 Å². The Morgan fingerprint density at radius 1 is 1.14 bits per heavy atom. The molecule has 2 radical (unpaired) electrons. The third-order valence-electron chi connectivity index (χ3n) is 3.71. The zero-order valence-electron chi connectivity index (χ0n) is 12.5. The van der Waals surface area contributed by atoms with E-state index in [9.17, 15) is 0 Å². The molecule has 0 aliphatic carbocycles. The first-order valence-corrected chi connectivity index (χ1v) is 7.51. The van der Waals surface area contributed by atoms with Gasteiger partial charge < -0.3 is 24.0 Å². The number of hydrogen-bond donors (Lipinski definition) is 0. The van der Waals surface area contributed by atoms with E-state index in [4.69, 9.17) is 14.2 Å². The fourth-order valence-electron chi connectivity index (χ4n) is 2.64. The van der Waals surface area contributed by atoms with Crippen molar-refractivity contribution in [2.45, 2.75) is 19.1 Å². The van der Waals surface area contributed by atoms with E-state index in [0.29, 0.717) is 6.61 Å². The number of para-hydroxylation sites is 2. The Hall–Kier alpha value is -1.30. The monoisotopic (exact) mass is 290 g/mol. The van der Waals surface area contributed by atoms with Gasteiger partial charge in [-0.25, -0.2) is 0 Å². The average molecular weight is 290 g/mol. The maximum absolute atomic E-state index is 5.61. The first kappa shape index (κ1) is 14.6. The van der Waals surface area contributed by atoms with E-state index in [0.717, 1.165) is 39.1 Å². The molecule has 0 N–H and O–H groups in total. The standard InChI is InChI=1S/C16H22N2O3/c1-19-12-9-18-13-17(14-5-2-3-6-15(14)18)8-7-16-20-10-4-11-21-16/h2-3,5-6,16H,4,7-12H2,1H3. The van der Waals surface area contributed by atoms with E-state index in [-0.39, 0.29) is 6.29 Å². The van der Waals surface area contributed by atoms with Crippen LogP contribution in [-0.4, -0.2) is 46.3 Å². The van der Waals surface area contributed by atoms with Crippen LogP contribution in [0, 0.1) is 6.67 Å². The van der Waals surface area contributed by atoms with Gasteiger partial charge in [0.1, 0.15) is 0 Å². The van der Waals surface area contributed by atoms with Crippen LogP contribution in [-0.2, 0) is 14.2 Å². The van der Waals surface area contributed by atoms with E-state index in [2.05, 4.69) is 40.7 Å². The second kappa shape index (κ2) is 7.11. The first-order chi connectivity index (χ1) is 10.4. The van der Waals surface area contributed by atoms with Crippen LogP contribution in [0.15, 0.2) is 24.3 Å². The van der Waals surface area contributed by atoms with E-state index in [1.165, 1.54) is 11.4 Å². The lowest BCUT2D eigenvalue weighted by molar-refractivity contribution is -0.179. The molecule has 5 nitrogen and oxygen atoms in total. The van der Waals surface area contributed by atoms with E-state index < -0.39 is 0 Å². The Bertz CT molecular complexity index is 449. The SMILES string of the molecule is COCCN1[C]N(CCC2OCCCO2)c2ccccc21. The summed E-state index contributed by atoms with van der Waals surface area (Å²) in [6.45, 7) is 7.34. The van der Waals surface area contributed by atoms with Gasteiger partial charge in [-0.15, -0.1) is 0 Å². The van der Waals surface area contributed by atoms with Gasteiger partial charge in [0.25, 0.3) is 0 Å². The van der Waals surface area contributed by atoms with Gasteiger partial charge in [0.05, 0.1) is 31.2 Å². The van der Waals surface area contributed by atoms with Crippen LogP contribution in [0.3, 0.4) is 0 Å². The Balaban J connectivity index is 1.60. The Kier molecular flexibility index (Phi) is 4.95. The fraction of sp³-hybridized carbons (Fsp3) is 0.562. The maximum atomic E-state index is 5.61. The molecule has 2 heterocycles. The number of benzene rings is 1. The van der Waals surface area contributed by atoms with Gasteiger partial charge in [-0.1, -0.05) is 12.1 Å². The highest BCUT2D eigenvalue weighted by Crippen LogP contribution is 2.37. The largest absolute Gasteiger partial charge is 0.383 e. The van der Waals surface area contributed by atoms with Gasteiger partial charge in [0.15, 0.2) is 6.29 Å². The summed E-state index contributed by atoms with van der Waals surface area (Å²) >= 11 is 0. The Morgan fingerprint density at radius 3 is 2.48 bits per heavy atom. The summed E-state index contributed by atoms with van der Waals surface area (Å²) in [5, 5.41) is 0. The summed E-state index contributed by atoms with van der Waals surface area (Å²) in [5.41, 5.74) is 2.37. The minimum atomic E-state index is -0.0827. The van der Waals surface area contributed by atoms with Gasteiger partial charge in [-0.2, -0.15) is 0 Å². The van der Waals surface area contributed by atoms with Crippen LogP contribution >= 0.6 is 0 Å². The van der Waals surface area contributed by atoms with Crippen molar-refractivity contribution in [3.05, 3.63) is 30.9 Å². The van der Waals surface area contributed by atoms with E-state index in [1.54, 1.807) is 7.11 Å². The van der Waals surface area contributed by atoms with Gasteiger partial charge in [0, 0.05) is 26.6 Å². The van der Waals surface area contributed by atoms with Crippen LogP contribution in [0.5, 0.6) is 0 Å². The molecule has 0 unspecified atom stereocenters. The molecule has 1 aromatic carbocycles. The molecule has 0 aromatic heterocycles. The van der Waals surface area contributed by atoms with Crippen molar-refractivity contribution in [1.29, 1.82) is 0 Å². The van der Waals surface area contributed by atoms with Crippen LogP contribution in [0.4, 0.5) is 11.4 Å². The lowest BCUT2D eigenvalue weighted by atomic mass is 10.2. The molecule has 21 heavy (non-hydrogen) atoms. The predicted octanol–water partition coefficient (Wildman–Crippen LogP) is 2.11. The van der Waals surface area contributed by atoms with Crippen molar-refractivity contribution in [2.24, 2.45) is 0 Å². The molecule has 1 aromatic rings. The van der Waals surface area contributed by atoms with Crippen LogP contribution in [0.1, 0.15) is 12.8 Å². The minimum Gasteiger partial charge on any atom is -0.383 e. The van der Waals surface area contributed by atoms with Crippen LogP contribution in [0.2, 0.25) is 0 Å². The van der Waals surface area contributed by atoms with Crippen molar-refractivity contribution in [2.75, 3.05) is 49.8 Å². The molecule has 0 amide bonds. The highest BCUT2D eigenvalue weighted by molar-refractivity contribution is 5.78. The third kappa shape index (κ3) is 3.48. The molecule has 1 saturated heterocycles. The number of fused-ring (bicyclic) bond motifs is 1. The second-order valence-electron chi connectivity index (χ2n) is 5.20. The zero-order chi connectivity index (χ0) is 14.5. The first-order valence-electron chi connectivity index (χ1n) is 7.51. The van der Waals surface area contributed by atoms with E-state index >= 15 is 0 Å². The van der Waals surface area contributed by atoms with E-state index in [1.807, 2.05) is 0 Å². The molecule has 5 heteroatoms. The minimum absolute atomic E-state index is 0.0827. The number of hydrogen-bond acceptors (Lipinski definition) is 5. The molecule has 114 valence electrons. The van der Waals surface area contributed by atoms with Crippen molar-refractivity contribution in [1.82, 2.24) is 0 Å². The molecule has 0 saturated carbocycles. The molecule has 3 rings (SSSR count). The number of ether oxygens (including phenoxy) is 3. The Morgan fingerprint density at radius 2 is 1.81 bits per heavy atom. The number of anilines is 2. The molecule has 2 aliphatic rings. The lowest BCUT2D eigenvalue weighted by Crippen LogP contribution is -2.32. The van der Waals surface area contributed by atoms with Crippen LogP contribution < -0.4 is 9.80 Å². The smallest absolute Gasteiger partial charge is 0.208 e. The van der Waals surface area contributed by atoms with Gasteiger partial charge >= 0.3 is 0 Å². The summed E-state index contributed by atoms with van der Waals surface area (Å²) in [6.07, 6.45) is 1.76. The molecule has 1 fully saturated rings. The van der Waals surface area contributed by atoms with Crippen molar-refractivity contribution >= 4 is 11.4 Å². The van der Waals surface area contributed by atoms with Gasteiger partial charge in [-0.05, 0) is 18.6 Å². The fourth-order valence-corrected chi connectivity index (χ4v) is 2.64. The van der Waals surface area contributed by atoms with Crippen molar-refractivity contribution in [3.8, 4) is 0 Å². The predicted molar refractivity (Wildman–Crippen MR) is 81.2 cm³/mol. The zero-order valence-corrected chi connectivity index (χ0v) is 12.5. The number of rotatable bonds is 6. The summed E-state index contributed by atoms with van der Waals surface area (Å²) < 4.78 is 16.4. The van der Waals surface area contributed by atoms with Crippen molar-refractivity contribution in [3.63, 3.8) is 0 Å². The van der Waals surface area contributed by atoms with Crippen molar-refractivity contribution < 1.29 is 14.2 Å². The number of nitrogens with zero attached hydrogens (tertiary/aromatic N) is 2. The highest BCUT2D eigenvalue weighted by atomic mass is 16.7. The maximum Gasteiger partial charge on any atom is 0.208 e. The quantitative estimate of drug-likeness (QED) is 0.801. The molecule has 0 atom stereocenters. The topological polar surface area (TPSA) is 34.2 Å². The number of methoxy groups -OCH3 is 1. The summed E-state index contributed by atoms with van der Waals surface area (Å²) in [5.74, 6) is 0. The highest BCUT2D eigenvalue weighted by Gasteiger charge is 2.27. The summed E-state index contributed by atoms with van der Waals surface area (Å²) in [4.78, 5) is 4.26. The average Bonchev–Trinajstić information content (AvgIpc) is 2.90. The molecular formula is C16H22N2O3. The normalized spacial score (nSPS) is 19.1. The second-order valence-corrected chi connectivity index (χ2v) is 5.20.